The molecular weight excluding hydrogens is 399 g/mol. The lowest BCUT2D eigenvalue weighted by molar-refractivity contribution is -0.143. The molecule has 1 heterocycles. The molecule has 1 amide bonds. The second-order valence-corrected chi connectivity index (χ2v) is 8.37. The van der Waals surface area contributed by atoms with E-state index in [0.29, 0.717) is 25.2 Å². The number of rotatable bonds is 6. The van der Waals surface area contributed by atoms with Gasteiger partial charge in [0.2, 0.25) is 11.8 Å². The first-order chi connectivity index (χ1) is 13.2. The van der Waals surface area contributed by atoms with E-state index in [1.165, 1.54) is 12.1 Å². The highest BCUT2D eigenvalue weighted by Crippen LogP contribution is 2.67. The molecule has 6 nitrogen and oxygen atoms in total. The predicted octanol–water partition coefficient (Wildman–Crippen LogP) is 3.35. The minimum Gasteiger partial charge on any atom is -0.484 e. The number of amides is 1. The molecule has 10 heteroatoms. The Bertz CT molecular complexity index is 960. The number of ether oxygens (including phenoxy) is 1. The molecule has 4 fully saturated rings. The van der Waals surface area contributed by atoms with Crippen molar-refractivity contribution in [2.45, 2.75) is 48.5 Å². The van der Waals surface area contributed by atoms with Gasteiger partial charge in [-0.1, -0.05) is 11.6 Å². The van der Waals surface area contributed by atoms with Crippen molar-refractivity contribution in [2.75, 3.05) is 6.61 Å². The summed E-state index contributed by atoms with van der Waals surface area (Å²) in [6.07, 6.45) is 1.59. The van der Waals surface area contributed by atoms with Crippen LogP contribution < -0.4 is 10.1 Å². The van der Waals surface area contributed by atoms with Crippen molar-refractivity contribution in [3.63, 3.8) is 0 Å². The maximum Gasteiger partial charge on any atom is 0.260 e. The maximum atomic E-state index is 13.4. The van der Waals surface area contributed by atoms with Crippen LogP contribution in [0.1, 0.15) is 43.4 Å². The number of hydrogen-bond acceptors (Lipinski definition) is 5. The van der Waals surface area contributed by atoms with Crippen LogP contribution in [0.4, 0.5) is 13.2 Å². The number of halogens is 4. The van der Waals surface area contributed by atoms with E-state index >= 15 is 0 Å². The van der Waals surface area contributed by atoms with Gasteiger partial charge in [0.25, 0.3) is 11.8 Å². The second-order valence-electron chi connectivity index (χ2n) is 7.97. The van der Waals surface area contributed by atoms with Gasteiger partial charge in [0.05, 0.1) is 10.4 Å². The Hall–Kier alpha value is -2.29. The summed E-state index contributed by atoms with van der Waals surface area (Å²) in [5.41, 5.74) is -0.688. The zero-order valence-corrected chi connectivity index (χ0v) is 15.2. The number of carbonyl (C=O) groups excluding carboxylic acids is 1. The normalized spacial score (nSPS) is 31.5. The SMILES string of the molecule is O=C(COc1ccc(Cl)c(F)c1)NC12CC(c3nnc([C@H]4CC4(F)F)o3)(C1)C2. The van der Waals surface area contributed by atoms with E-state index in [4.69, 9.17) is 20.8 Å². The molecule has 0 spiro atoms. The van der Waals surface area contributed by atoms with Crippen LogP contribution in [0, 0.1) is 5.82 Å². The zero-order valence-electron chi connectivity index (χ0n) is 14.5. The molecule has 1 aromatic carbocycles. The van der Waals surface area contributed by atoms with E-state index in [9.17, 15) is 18.0 Å². The number of carbonyl (C=O) groups is 1. The van der Waals surface area contributed by atoms with Crippen molar-refractivity contribution in [1.82, 2.24) is 15.5 Å². The number of hydrogen-bond donors (Lipinski definition) is 1. The van der Waals surface area contributed by atoms with E-state index in [-0.39, 0.29) is 46.6 Å². The molecule has 0 aliphatic heterocycles. The molecule has 0 radical (unpaired) electrons. The van der Waals surface area contributed by atoms with Crippen LogP contribution in [-0.4, -0.2) is 34.2 Å². The fraction of sp³-hybridized carbons (Fsp3) is 0.500. The standard InChI is InChI=1S/C18H15ClF3N3O3/c19-11-2-1-9(3-12(11)20)27-5-13(26)23-17-6-16(7-17,8-17)15-25-24-14(28-15)10-4-18(10,21)22/h1-3,10H,4-8H2,(H,23,26)/t10-,16?,17?/m1/s1. The molecule has 28 heavy (non-hydrogen) atoms. The van der Waals surface area contributed by atoms with E-state index in [2.05, 4.69) is 15.5 Å². The lowest BCUT2D eigenvalue weighted by atomic mass is 9.39. The van der Waals surface area contributed by atoms with Crippen molar-refractivity contribution in [3.8, 4) is 5.75 Å². The molecule has 0 unspecified atom stereocenters. The first kappa shape index (κ1) is 17.8. The Morgan fingerprint density at radius 3 is 2.68 bits per heavy atom. The van der Waals surface area contributed by atoms with Gasteiger partial charge >= 0.3 is 0 Å². The lowest BCUT2D eigenvalue weighted by Gasteiger charge is -2.68. The smallest absolute Gasteiger partial charge is 0.260 e. The van der Waals surface area contributed by atoms with Gasteiger partial charge in [-0.3, -0.25) is 4.79 Å². The first-order valence-electron chi connectivity index (χ1n) is 8.81. The Morgan fingerprint density at radius 2 is 2.04 bits per heavy atom. The summed E-state index contributed by atoms with van der Waals surface area (Å²) >= 11 is 5.60. The second kappa shape index (κ2) is 5.62. The molecule has 0 saturated heterocycles. The van der Waals surface area contributed by atoms with Gasteiger partial charge in [-0.25, -0.2) is 13.2 Å². The third-order valence-corrected chi connectivity index (χ3v) is 6.02. The number of nitrogens with zero attached hydrogens (tertiary/aromatic N) is 2. The molecule has 4 saturated carbocycles. The van der Waals surface area contributed by atoms with Gasteiger partial charge < -0.3 is 14.5 Å². The van der Waals surface area contributed by atoms with E-state index in [1.54, 1.807) is 0 Å². The average molecular weight is 414 g/mol. The molecule has 1 N–H and O–H groups in total. The monoisotopic (exact) mass is 413 g/mol. The molecule has 148 valence electrons. The van der Waals surface area contributed by atoms with Crippen LogP contribution in [0.2, 0.25) is 5.02 Å². The fourth-order valence-electron chi connectivity index (χ4n) is 4.27. The van der Waals surface area contributed by atoms with Crippen LogP contribution in [0.5, 0.6) is 5.75 Å². The number of aromatic nitrogens is 2. The first-order valence-corrected chi connectivity index (χ1v) is 9.19. The molecule has 4 aliphatic carbocycles. The summed E-state index contributed by atoms with van der Waals surface area (Å²) < 4.78 is 50.4. The average Bonchev–Trinajstić information content (AvgIpc) is 2.99. The maximum absolute atomic E-state index is 13.4. The molecule has 4 aliphatic rings. The van der Waals surface area contributed by atoms with E-state index in [0.717, 1.165) is 6.07 Å². The van der Waals surface area contributed by atoms with Crippen LogP contribution >= 0.6 is 11.6 Å². The minimum atomic E-state index is -2.74. The van der Waals surface area contributed by atoms with Gasteiger partial charge in [-0.15, -0.1) is 10.2 Å². The summed E-state index contributed by atoms with van der Waals surface area (Å²) in [4.78, 5) is 12.1. The van der Waals surface area contributed by atoms with Crippen molar-refractivity contribution in [2.24, 2.45) is 0 Å². The fourth-order valence-corrected chi connectivity index (χ4v) is 4.38. The Labute approximate surface area is 162 Å². The molecule has 1 aromatic heterocycles. The van der Waals surface area contributed by atoms with Crippen molar-refractivity contribution in [1.29, 1.82) is 0 Å². The summed E-state index contributed by atoms with van der Waals surface area (Å²) in [6.45, 7) is -0.253. The number of nitrogens with one attached hydrogen (secondary N) is 1. The Kier molecular flexibility index (Phi) is 3.57. The quantitative estimate of drug-likeness (QED) is 0.785. The topological polar surface area (TPSA) is 77.2 Å². The summed E-state index contributed by atoms with van der Waals surface area (Å²) in [5.74, 6) is -4.09. The van der Waals surface area contributed by atoms with Gasteiger partial charge in [0, 0.05) is 18.0 Å². The van der Waals surface area contributed by atoms with Gasteiger partial charge in [-0.05, 0) is 31.4 Å². The third-order valence-electron chi connectivity index (χ3n) is 5.71. The van der Waals surface area contributed by atoms with Crippen LogP contribution in [0.25, 0.3) is 0 Å². The van der Waals surface area contributed by atoms with Gasteiger partial charge in [0.1, 0.15) is 17.5 Å². The number of alkyl halides is 2. The zero-order chi connectivity index (χ0) is 19.7. The third kappa shape index (κ3) is 2.75. The van der Waals surface area contributed by atoms with Crippen LogP contribution in [-0.2, 0) is 10.2 Å². The predicted molar refractivity (Wildman–Crippen MR) is 89.9 cm³/mol. The lowest BCUT2D eigenvalue weighted by Crippen LogP contribution is -2.77. The van der Waals surface area contributed by atoms with Crippen LogP contribution in [0.3, 0.4) is 0 Å². The van der Waals surface area contributed by atoms with Gasteiger partial charge in [0.15, 0.2) is 6.61 Å². The largest absolute Gasteiger partial charge is 0.484 e. The Morgan fingerprint density at radius 1 is 1.32 bits per heavy atom. The van der Waals surface area contributed by atoms with Crippen molar-refractivity contribution in [3.05, 3.63) is 40.8 Å². The highest BCUT2D eigenvalue weighted by atomic mass is 35.5. The molecule has 1 atom stereocenters. The van der Waals surface area contributed by atoms with Gasteiger partial charge in [-0.2, -0.15) is 0 Å². The highest BCUT2D eigenvalue weighted by Gasteiger charge is 2.72. The minimum absolute atomic E-state index is 0.00796. The molecular formula is C18H15ClF3N3O3. The molecule has 2 bridgehead atoms. The summed E-state index contributed by atoms with van der Waals surface area (Å²) in [6, 6.07) is 3.94. The number of benzene rings is 1. The summed E-state index contributed by atoms with van der Waals surface area (Å²) in [5, 5.41) is 10.6. The van der Waals surface area contributed by atoms with E-state index in [1.807, 2.05) is 0 Å². The summed E-state index contributed by atoms with van der Waals surface area (Å²) in [7, 11) is 0. The highest BCUT2D eigenvalue weighted by molar-refractivity contribution is 6.30. The van der Waals surface area contributed by atoms with Crippen LogP contribution in [0.15, 0.2) is 22.6 Å². The molecule has 2 aromatic rings. The Balaban J connectivity index is 1.13. The van der Waals surface area contributed by atoms with E-state index < -0.39 is 17.7 Å². The van der Waals surface area contributed by atoms with Crippen molar-refractivity contribution >= 4 is 17.5 Å². The van der Waals surface area contributed by atoms with Crippen molar-refractivity contribution < 1.29 is 27.1 Å². The molecule has 6 rings (SSSR count).